The van der Waals surface area contributed by atoms with E-state index in [1.165, 1.54) is 26.9 Å². The van der Waals surface area contributed by atoms with Crippen molar-refractivity contribution < 1.29 is 94.8 Å². The van der Waals surface area contributed by atoms with Crippen molar-refractivity contribution in [2.24, 2.45) is 17.8 Å². The summed E-state index contributed by atoms with van der Waals surface area (Å²) < 4.78 is 47.1. The van der Waals surface area contributed by atoms with Gasteiger partial charge in [-0.1, -0.05) is 179 Å². The maximum absolute atomic E-state index is 15.2. The first-order valence-electron chi connectivity index (χ1n) is 41.9. The number of anilines is 3. The maximum atomic E-state index is 15.2. The minimum absolute atomic E-state index is 0.00129. The molecule has 0 radical (unpaired) electrons. The second kappa shape index (κ2) is 38.3. The lowest BCUT2D eigenvalue weighted by molar-refractivity contribution is -0.195. The highest BCUT2D eigenvalue weighted by molar-refractivity contribution is 7.96. The molecule has 26 nitrogen and oxygen atoms in total. The Morgan fingerprint density at radius 2 is 0.815 bits per heavy atom. The molecule has 30 heteroatoms. The number of amides is 6. The number of fused-ring (bicyclic) bond motifs is 3. The summed E-state index contributed by atoms with van der Waals surface area (Å²) in [5.74, 6) is -4.06. The van der Waals surface area contributed by atoms with E-state index in [2.05, 4.69) is 120 Å². The number of aliphatic hydroxyl groups is 1. The van der Waals surface area contributed by atoms with Crippen LogP contribution >= 0.6 is 6.89 Å². The average Bonchev–Trinajstić information content (AvgIpc) is 0.699. The summed E-state index contributed by atoms with van der Waals surface area (Å²) >= 11 is 0. The molecular formula is C94H121N6O20PSi3. The minimum Gasteiger partial charge on any atom is -0.482 e. The molecule has 664 valence electrons. The van der Waals surface area contributed by atoms with Gasteiger partial charge >= 0.3 is 11.9 Å². The number of hydrogen-bond donors (Lipinski definition) is 2. The van der Waals surface area contributed by atoms with Gasteiger partial charge < -0.3 is 71.9 Å². The number of carbonyl (C=O) groups is 11. The quantitative estimate of drug-likeness (QED) is 0.0110. The summed E-state index contributed by atoms with van der Waals surface area (Å²) in [6.07, 6.45) is -0.463. The van der Waals surface area contributed by atoms with Crippen molar-refractivity contribution >= 4 is 135 Å². The van der Waals surface area contributed by atoms with Crippen LogP contribution < -0.4 is 50.1 Å². The summed E-state index contributed by atoms with van der Waals surface area (Å²) in [6, 6.07) is 42.4. The molecule has 2 N–H and O–H groups in total. The van der Waals surface area contributed by atoms with E-state index >= 15 is 4.79 Å². The smallest absolute Gasteiger partial charge is 0.356 e. The van der Waals surface area contributed by atoms with Crippen molar-refractivity contribution in [1.29, 1.82) is 0 Å². The predicted molar refractivity (Wildman–Crippen MR) is 488 cm³/mol. The van der Waals surface area contributed by atoms with E-state index in [-0.39, 0.29) is 138 Å². The zero-order chi connectivity index (χ0) is 91.4. The average molecular weight is 1770 g/mol. The van der Waals surface area contributed by atoms with Crippen LogP contribution in [0.15, 0.2) is 171 Å². The Labute approximate surface area is 731 Å². The molecule has 6 heterocycles. The largest absolute Gasteiger partial charge is 0.482 e. The molecule has 0 spiro atoms. The summed E-state index contributed by atoms with van der Waals surface area (Å²) in [7, 11) is -1.77. The van der Waals surface area contributed by atoms with Crippen LogP contribution in [0, 0.1) is 17.8 Å². The summed E-state index contributed by atoms with van der Waals surface area (Å²) in [4.78, 5) is 152. The van der Waals surface area contributed by atoms with Crippen molar-refractivity contribution in [3.05, 3.63) is 188 Å². The van der Waals surface area contributed by atoms with E-state index in [0.717, 1.165) is 20.8 Å². The fraction of sp³-hybridized carbons (Fsp3) is 0.447. The lowest BCUT2D eigenvalue weighted by Crippen LogP contribution is -2.70. The highest BCUT2D eigenvalue weighted by atomic mass is 31.2. The number of β-lactam (4-membered cyclic amide) rings is 3. The predicted octanol–water partition coefficient (Wildman–Crippen LogP) is 12.7. The Bertz CT molecular complexity index is 5040. The van der Waals surface area contributed by atoms with Crippen molar-refractivity contribution in [2.75, 3.05) is 68.9 Å². The molecule has 3 saturated heterocycles. The fourth-order valence-corrected chi connectivity index (χ4v) is 24.2. The number of ketones is 3. The molecular weight excluding hydrogens is 1650 g/mol. The van der Waals surface area contributed by atoms with Crippen LogP contribution in [0.5, 0.6) is 17.2 Å². The first-order valence-corrected chi connectivity index (χ1v) is 52.4. The molecule has 12 rings (SSSR count). The molecule has 6 aromatic rings. The number of hydrogen-bond acceptors (Lipinski definition) is 20. The molecule has 0 saturated carbocycles. The van der Waals surface area contributed by atoms with Crippen LogP contribution in [-0.4, -0.2) is 207 Å². The third-order valence-electron chi connectivity index (χ3n) is 25.6. The molecule has 3 fully saturated rings. The number of carbonyl (C=O) groups excluding carboxylic acids is 11. The standard InChI is InChI=1S/C45H51N2O7PSi.C27H38N2O8Si.C22H32N2O5Si/c1-9-27-52-44(51)43(55(33-19-13-10-14-20-33,34-21-15-11-16-22-34)35-23-17-12-18-24-35)47-37(41(42(47)50)31(2)54-56(7,8)45(3,4)5)29-38(48)32-25-26-39-36(28-32)46(6)40(49)30-53-39;1-9-12-35-26(34)25(33)29-19(23(24(29)32)16(2)37-38(7,8)27(3,4)5)14-20(30)17-10-11-21-18(13-17)28(6)22(31)15-36-21;1-13(29-30(6,7)22(2,3)4)20-15(23-21(20)27)11-17(25)14-8-9-18-16(10-14)24(5)19(26)12-28-18/h9-26,28,31,37,41H,1,27,29-30H2,2-8H3;9-11,13,16,19,23,25,33H,1,12,14-15H2,2-8H3;8-10,13,15,20H,11-12H2,1-7H3,(H,23,27)/t31-,37-,41-;16-,19-,23-,25?;13-,15-,20-/m111/s1. The first-order chi connectivity index (χ1) is 58.0. The van der Waals surface area contributed by atoms with Gasteiger partial charge in [0.05, 0.1) is 71.3 Å². The number of rotatable bonds is 29. The van der Waals surface area contributed by atoms with Crippen molar-refractivity contribution in [1.82, 2.24) is 15.1 Å². The van der Waals surface area contributed by atoms with Gasteiger partial charge in [-0.15, -0.1) is 0 Å². The Hall–Kier alpha value is -10.2. The number of nitrogens with one attached hydrogen (secondary N) is 1. The Morgan fingerprint density at radius 1 is 0.484 bits per heavy atom. The zero-order valence-electron chi connectivity index (χ0n) is 75.2. The van der Waals surface area contributed by atoms with Gasteiger partial charge in [0.25, 0.3) is 17.7 Å². The molecule has 0 bridgehead atoms. The molecule has 0 aliphatic carbocycles. The van der Waals surface area contributed by atoms with Gasteiger partial charge in [-0.3, -0.25) is 43.2 Å². The van der Waals surface area contributed by atoms with E-state index in [4.69, 9.17) is 37.0 Å². The number of ether oxygens (including phenoxy) is 5. The van der Waals surface area contributed by atoms with Gasteiger partial charge in [0.1, 0.15) is 35.9 Å². The molecule has 6 aliphatic rings. The van der Waals surface area contributed by atoms with Gasteiger partial charge in [-0.25, -0.2) is 9.59 Å². The van der Waals surface area contributed by atoms with E-state index in [1.54, 1.807) is 87.6 Å². The molecule has 10 atom stereocenters. The molecule has 0 aromatic heterocycles. The highest BCUT2D eigenvalue weighted by Crippen LogP contribution is 2.52. The highest BCUT2D eigenvalue weighted by Gasteiger charge is 2.59. The molecule has 6 aromatic carbocycles. The van der Waals surface area contributed by atoms with E-state index in [1.807, 2.05) is 105 Å². The van der Waals surface area contributed by atoms with Crippen LogP contribution in [0.2, 0.25) is 54.4 Å². The van der Waals surface area contributed by atoms with E-state index in [9.17, 15) is 53.1 Å². The topological polar surface area (TPSA) is 310 Å². The number of benzene rings is 6. The van der Waals surface area contributed by atoms with Gasteiger partial charge in [0.2, 0.25) is 23.9 Å². The van der Waals surface area contributed by atoms with Crippen LogP contribution in [0.25, 0.3) is 0 Å². The van der Waals surface area contributed by atoms with Crippen LogP contribution in [0.1, 0.15) is 133 Å². The Balaban J connectivity index is 0.000000206. The summed E-state index contributed by atoms with van der Waals surface area (Å²) in [5.41, 5.74) is 2.89. The SMILES string of the molecule is C=CCOC(=O)C(N1C(=O)[C@H]([C@@H](C)O[Si](C)(C)C(C)(C)C)[C@H]1CC(=O)c1ccc2c(c1)N(C)C(=O)CO2)=P(c1ccccc1)(c1ccccc1)c1ccccc1.C=CCOC(=O)C(O)N1C(=O)[C@H]([C@@H](C)O[Si](C)(C)C(C)(C)C)[C@H]1CC(=O)c1ccc2c(c1)N(C)C(=O)CO2.C[C@@H](O[Si](C)(C)C(C)(C)C)[C@H]1C(=O)N[C@@H]1CC(=O)c1ccc2c(c1)N(C)C(=O)CO2. The lowest BCUT2D eigenvalue weighted by Gasteiger charge is -2.53. The van der Waals surface area contributed by atoms with Crippen molar-refractivity contribution in [3.63, 3.8) is 0 Å². The number of nitrogens with zero attached hydrogens (tertiary/aromatic N) is 5. The van der Waals surface area contributed by atoms with Crippen molar-refractivity contribution in [2.45, 2.75) is 199 Å². The number of likely N-dealkylation sites (N-methyl/N-ethyl adjacent to an activating group) is 3. The van der Waals surface area contributed by atoms with Gasteiger partial charge in [-0.2, -0.15) is 0 Å². The lowest BCUT2D eigenvalue weighted by atomic mass is 9.79. The monoisotopic (exact) mass is 1770 g/mol. The zero-order valence-corrected chi connectivity index (χ0v) is 79.1. The molecule has 6 amide bonds. The van der Waals surface area contributed by atoms with E-state index < -0.39 is 92.0 Å². The minimum atomic E-state index is -3.22. The van der Waals surface area contributed by atoms with Crippen LogP contribution in [-0.2, 0) is 61.1 Å². The Kier molecular flexibility index (Phi) is 29.6. The molecule has 1 unspecified atom stereocenters. The normalized spacial score (nSPS) is 19.9. The second-order valence-electron chi connectivity index (χ2n) is 36.9. The number of aliphatic hydroxyl groups excluding tert-OH is 1. The number of esters is 2. The third kappa shape index (κ3) is 20.0. The van der Waals surface area contributed by atoms with Crippen molar-refractivity contribution in [3.8, 4) is 17.2 Å². The van der Waals surface area contributed by atoms with Crippen LogP contribution in [0.3, 0.4) is 0 Å². The fourth-order valence-electron chi connectivity index (χ4n) is 15.5. The molecule has 6 aliphatic heterocycles. The van der Waals surface area contributed by atoms with Gasteiger partial charge in [-0.05, 0) is 146 Å². The second-order valence-corrected chi connectivity index (χ2v) is 54.4. The van der Waals surface area contributed by atoms with E-state index in [0.29, 0.717) is 51.0 Å². The third-order valence-corrected chi connectivity index (χ3v) is 43.6. The maximum Gasteiger partial charge on any atom is 0.356 e. The number of likely N-dealkylation sites (tertiary alicyclic amines) is 2. The molecule has 124 heavy (non-hydrogen) atoms. The van der Waals surface area contributed by atoms with Gasteiger partial charge in [0, 0.05) is 64.0 Å². The van der Waals surface area contributed by atoms with Crippen LogP contribution in [0.4, 0.5) is 17.1 Å². The number of Topliss-reactive ketones (excluding diaryl/α,β-unsaturated/α-hetero) is 3. The Morgan fingerprint density at radius 3 is 1.16 bits per heavy atom. The van der Waals surface area contributed by atoms with Gasteiger partial charge in [0.15, 0.2) is 62.1 Å². The summed E-state index contributed by atoms with van der Waals surface area (Å²) in [6.45, 7) is 41.2. The first kappa shape index (κ1) is 96.0. The summed E-state index contributed by atoms with van der Waals surface area (Å²) in [5, 5.41) is 15.9.